The summed E-state index contributed by atoms with van der Waals surface area (Å²) < 4.78 is 4.89. The first-order valence-corrected chi connectivity index (χ1v) is 8.16. The molecular formula is C18H20N4O3. The van der Waals surface area contributed by atoms with Crippen LogP contribution in [-0.2, 0) is 14.3 Å². The molecule has 1 N–H and O–H groups in total. The number of nitrogens with zero attached hydrogens (tertiary/aromatic N) is 3. The molecule has 1 saturated heterocycles. The van der Waals surface area contributed by atoms with E-state index in [1.807, 2.05) is 6.07 Å². The summed E-state index contributed by atoms with van der Waals surface area (Å²) in [5, 5.41) is 3.15. The second-order valence-corrected chi connectivity index (χ2v) is 5.81. The summed E-state index contributed by atoms with van der Waals surface area (Å²) in [6, 6.07) is 5.98. The maximum Gasteiger partial charge on any atom is 0.327 e. The van der Waals surface area contributed by atoms with Crippen LogP contribution in [0.5, 0.6) is 0 Å². The van der Waals surface area contributed by atoms with E-state index in [1.165, 1.54) is 7.11 Å². The van der Waals surface area contributed by atoms with Gasteiger partial charge in [0.1, 0.15) is 6.04 Å². The molecule has 3 heterocycles. The number of rotatable bonds is 5. The molecule has 2 unspecified atom stereocenters. The van der Waals surface area contributed by atoms with Crippen LogP contribution in [0, 0.1) is 0 Å². The van der Waals surface area contributed by atoms with Crippen LogP contribution in [-0.4, -0.2) is 41.5 Å². The second kappa shape index (κ2) is 7.85. The number of piperidine rings is 1. The predicted molar refractivity (Wildman–Crippen MR) is 91.7 cm³/mol. The van der Waals surface area contributed by atoms with Crippen molar-refractivity contribution in [3.63, 3.8) is 0 Å². The van der Waals surface area contributed by atoms with Crippen molar-refractivity contribution in [3.05, 3.63) is 54.6 Å². The van der Waals surface area contributed by atoms with E-state index >= 15 is 0 Å². The first-order chi connectivity index (χ1) is 12.2. The summed E-state index contributed by atoms with van der Waals surface area (Å²) in [5.74, 6) is -0.517. The molecular weight excluding hydrogens is 320 g/mol. The quantitative estimate of drug-likeness (QED) is 0.830. The lowest BCUT2D eigenvalue weighted by molar-refractivity contribution is -0.143. The number of carbonyl (C=O) groups is 2. The lowest BCUT2D eigenvalue weighted by Gasteiger charge is -2.34. The zero-order chi connectivity index (χ0) is 17.6. The van der Waals surface area contributed by atoms with Crippen LogP contribution in [0.2, 0.25) is 0 Å². The normalized spacial score (nSPS) is 18.7. The number of carbonyl (C=O) groups excluding carboxylic acids is 2. The van der Waals surface area contributed by atoms with Gasteiger partial charge >= 0.3 is 5.97 Å². The van der Waals surface area contributed by atoms with E-state index in [4.69, 9.17) is 4.74 Å². The Hall–Kier alpha value is -2.80. The molecule has 1 aliphatic rings. The number of pyridine rings is 2. The van der Waals surface area contributed by atoms with Gasteiger partial charge in [0.15, 0.2) is 0 Å². The highest BCUT2D eigenvalue weighted by atomic mass is 16.5. The Morgan fingerprint density at radius 3 is 2.68 bits per heavy atom. The lowest BCUT2D eigenvalue weighted by atomic mass is 10.0. The van der Waals surface area contributed by atoms with Crippen LogP contribution in [0.4, 0.5) is 5.69 Å². The largest absolute Gasteiger partial charge is 0.468 e. The van der Waals surface area contributed by atoms with E-state index in [0.29, 0.717) is 18.5 Å². The second-order valence-electron chi connectivity index (χ2n) is 5.81. The van der Waals surface area contributed by atoms with Crippen molar-refractivity contribution < 1.29 is 14.3 Å². The standard InChI is InChI=1S/C18H20N4O3/c1-25-18(24)16(13-5-2-8-19-11-13)21-15-7-4-10-22(17(15)23)14-6-3-9-20-12-14/h2-3,5-6,8-9,11-12,15-16,21H,4,7,10H2,1H3. The van der Waals surface area contributed by atoms with Crippen LogP contribution in [0.15, 0.2) is 49.1 Å². The predicted octanol–water partition coefficient (Wildman–Crippen LogP) is 1.48. The number of amides is 1. The molecule has 3 rings (SSSR count). The van der Waals surface area contributed by atoms with Gasteiger partial charge in [-0.3, -0.25) is 20.1 Å². The third-order valence-corrected chi connectivity index (χ3v) is 4.22. The molecule has 7 nitrogen and oxygen atoms in total. The maximum absolute atomic E-state index is 12.9. The summed E-state index contributed by atoms with van der Waals surface area (Å²) in [6.45, 7) is 0.637. The van der Waals surface area contributed by atoms with Gasteiger partial charge in [-0.2, -0.15) is 0 Å². The Morgan fingerprint density at radius 1 is 1.28 bits per heavy atom. The number of esters is 1. The van der Waals surface area contributed by atoms with E-state index < -0.39 is 18.1 Å². The molecule has 2 aromatic rings. The molecule has 25 heavy (non-hydrogen) atoms. The average Bonchev–Trinajstić information content (AvgIpc) is 2.68. The summed E-state index contributed by atoms with van der Waals surface area (Å²) >= 11 is 0. The van der Waals surface area contributed by atoms with Gasteiger partial charge in [-0.1, -0.05) is 6.07 Å². The Kier molecular flexibility index (Phi) is 5.35. The smallest absolute Gasteiger partial charge is 0.327 e. The third-order valence-electron chi connectivity index (χ3n) is 4.22. The SMILES string of the molecule is COC(=O)C(NC1CCCN(c2cccnc2)C1=O)c1cccnc1. The van der Waals surface area contributed by atoms with Crippen molar-refractivity contribution in [2.24, 2.45) is 0 Å². The fourth-order valence-corrected chi connectivity index (χ4v) is 2.97. The van der Waals surface area contributed by atoms with E-state index in [0.717, 1.165) is 12.1 Å². The highest BCUT2D eigenvalue weighted by Gasteiger charge is 2.34. The van der Waals surface area contributed by atoms with Gasteiger partial charge in [-0.25, -0.2) is 4.79 Å². The molecule has 0 aromatic carbocycles. The Bertz CT molecular complexity index is 724. The van der Waals surface area contributed by atoms with Crippen molar-refractivity contribution in [1.29, 1.82) is 0 Å². The lowest BCUT2D eigenvalue weighted by Crippen LogP contribution is -2.52. The minimum Gasteiger partial charge on any atom is -0.468 e. The topological polar surface area (TPSA) is 84.4 Å². The van der Waals surface area contributed by atoms with Gasteiger partial charge in [0, 0.05) is 25.1 Å². The van der Waals surface area contributed by atoms with E-state index in [9.17, 15) is 9.59 Å². The van der Waals surface area contributed by atoms with Gasteiger partial charge in [0.05, 0.1) is 25.0 Å². The van der Waals surface area contributed by atoms with E-state index in [2.05, 4.69) is 15.3 Å². The van der Waals surface area contributed by atoms with E-state index in [1.54, 1.807) is 47.9 Å². The summed E-state index contributed by atoms with van der Waals surface area (Å²) in [6.07, 6.45) is 8.06. The summed E-state index contributed by atoms with van der Waals surface area (Å²) in [4.78, 5) is 34.9. The maximum atomic E-state index is 12.9. The molecule has 0 saturated carbocycles. The number of nitrogens with one attached hydrogen (secondary N) is 1. The molecule has 0 bridgehead atoms. The highest BCUT2D eigenvalue weighted by Crippen LogP contribution is 2.23. The molecule has 7 heteroatoms. The molecule has 130 valence electrons. The molecule has 2 aromatic heterocycles. The first kappa shape index (κ1) is 17.0. The number of aromatic nitrogens is 2. The number of methoxy groups -OCH3 is 1. The fourth-order valence-electron chi connectivity index (χ4n) is 2.97. The Balaban J connectivity index is 1.80. The van der Waals surface area contributed by atoms with Crippen LogP contribution < -0.4 is 10.2 Å². The van der Waals surface area contributed by atoms with Gasteiger partial charge in [0.25, 0.3) is 0 Å². The highest BCUT2D eigenvalue weighted by molar-refractivity contribution is 5.98. The monoisotopic (exact) mass is 340 g/mol. The zero-order valence-electron chi connectivity index (χ0n) is 14.0. The molecule has 0 radical (unpaired) electrons. The Labute approximate surface area is 146 Å². The van der Waals surface area contributed by atoms with Crippen molar-refractivity contribution in [2.75, 3.05) is 18.6 Å². The van der Waals surface area contributed by atoms with Gasteiger partial charge < -0.3 is 9.64 Å². The van der Waals surface area contributed by atoms with Gasteiger partial charge in [-0.05, 0) is 36.6 Å². The van der Waals surface area contributed by atoms with E-state index in [-0.39, 0.29) is 5.91 Å². The Morgan fingerprint density at radius 2 is 2.04 bits per heavy atom. The first-order valence-electron chi connectivity index (χ1n) is 8.16. The zero-order valence-corrected chi connectivity index (χ0v) is 14.0. The van der Waals surface area contributed by atoms with Crippen LogP contribution in [0.1, 0.15) is 24.4 Å². The third kappa shape index (κ3) is 3.83. The minimum absolute atomic E-state index is 0.0722. The average molecular weight is 340 g/mol. The van der Waals surface area contributed by atoms with Crippen molar-refractivity contribution >= 4 is 17.6 Å². The van der Waals surface area contributed by atoms with Gasteiger partial charge in [-0.15, -0.1) is 0 Å². The van der Waals surface area contributed by atoms with Crippen molar-refractivity contribution in [3.8, 4) is 0 Å². The number of hydrogen-bond acceptors (Lipinski definition) is 6. The number of anilines is 1. The number of ether oxygens (including phenoxy) is 1. The molecule has 0 aliphatic carbocycles. The summed E-state index contributed by atoms with van der Waals surface area (Å²) in [5.41, 5.74) is 1.43. The van der Waals surface area contributed by atoms with Crippen LogP contribution in [0.25, 0.3) is 0 Å². The summed E-state index contributed by atoms with van der Waals surface area (Å²) in [7, 11) is 1.33. The molecule has 1 amide bonds. The van der Waals surface area contributed by atoms with Gasteiger partial charge in [0.2, 0.25) is 5.91 Å². The molecule has 0 spiro atoms. The van der Waals surface area contributed by atoms with Crippen molar-refractivity contribution in [1.82, 2.24) is 15.3 Å². The van der Waals surface area contributed by atoms with Crippen LogP contribution >= 0.6 is 0 Å². The number of hydrogen-bond donors (Lipinski definition) is 1. The molecule has 2 atom stereocenters. The van der Waals surface area contributed by atoms with Crippen LogP contribution in [0.3, 0.4) is 0 Å². The minimum atomic E-state index is -0.735. The molecule has 1 fully saturated rings. The fraction of sp³-hybridized carbons (Fsp3) is 0.333. The molecule has 1 aliphatic heterocycles. The van der Waals surface area contributed by atoms with Crippen molar-refractivity contribution in [2.45, 2.75) is 24.9 Å².